The van der Waals surface area contributed by atoms with E-state index in [2.05, 4.69) is 19.7 Å². The Morgan fingerprint density at radius 3 is 1.29 bits per heavy atom. The van der Waals surface area contributed by atoms with Crippen LogP contribution in [0.15, 0.2) is 25.3 Å². The molecule has 44 valence electrons. The van der Waals surface area contributed by atoms with Crippen LogP contribution >= 0.6 is 11.6 Å². The first-order chi connectivity index (χ1) is 3.41. The van der Waals surface area contributed by atoms with Crippen molar-refractivity contribution in [2.24, 2.45) is 0 Å². The fourth-order valence-corrected chi connectivity index (χ4v) is 0. The van der Waals surface area contributed by atoms with Gasteiger partial charge in [0.25, 0.3) is 0 Å². The first kappa shape index (κ1) is 15.9. The van der Waals surface area contributed by atoms with Gasteiger partial charge < -0.3 is 0 Å². The molecular weight excluding hydrogens is 108 g/mol. The topological polar surface area (TPSA) is 0 Å². The van der Waals surface area contributed by atoms with E-state index in [1.807, 2.05) is 13.8 Å². The normalized spacial score (nSPS) is 3.29. The molecule has 0 amide bonds. The molecule has 0 aliphatic rings. The van der Waals surface area contributed by atoms with Gasteiger partial charge in [0.05, 0.1) is 0 Å². The Hall–Kier alpha value is -0.230. The highest BCUT2D eigenvalue weighted by molar-refractivity contribution is 6.25. The quantitative estimate of drug-likeness (QED) is 0.431. The van der Waals surface area contributed by atoms with Gasteiger partial charge in [0.15, 0.2) is 0 Å². The van der Waals surface area contributed by atoms with Gasteiger partial charge in [0, 0.05) is 0 Å². The Morgan fingerprint density at radius 1 is 1.29 bits per heavy atom. The monoisotopic (exact) mass is 120 g/mol. The molecule has 0 spiro atoms. The Labute approximate surface area is 51.5 Å². The lowest BCUT2D eigenvalue weighted by Gasteiger charge is -1.27. The molecule has 0 aromatic rings. The van der Waals surface area contributed by atoms with Crippen molar-refractivity contribution in [3.63, 3.8) is 0 Å². The van der Waals surface area contributed by atoms with Crippen molar-refractivity contribution in [1.29, 1.82) is 0 Å². The molecule has 0 bridgehead atoms. The molecular formula is C6H13Cl. The Balaban J connectivity index is -0.0000000360. The zero-order valence-electron chi connectivity index (χ0n) is 5.08. The number of hydrogen-bond donors (Lipinski definition) is 0. The van der Waals surface area contributed by atoms with Crippen LogP contribution in [0.3, 0.4) is 0 Å². The van der Waals surface area contributed by atoms with E-state index in [4.69, 9.17) is 11.6 Å². The summed E-state index contributed by atoms with van der Waals surface area (Å²) in [7, 11) is 0. The molecule has 0 aliphatic carbocycles. The summed E-state index contributed by atoms with van der Waals surface area (Å²) < 4.78 is 0. The molecule has 0 saturated heterocycles. The summed E-state index contributed by atoms with van der Waals surface area (Å²) >= 11 is 4.76. The highest BCUT2D eigenvalue weighted by Gasteiger charge is 1.18. The molecule has 0 aromatic carbocycles. The zero-order valence-corrected chi connectivity index (χ0v) is 5.83. The first-order valence-electron chi connectivity index (χ1n) is 2.13. The van der Waals surface area contributed by atoms with E-state index in [0.717, 1.165) is 0 Å². The van der Waals surface area contributed by atoms with Crippen LogP contribution in [0.4, 0.5) is 0 Å². The van der Waals surface area contributed by atoms with Gasteiger partial charge in [0.2, 0.25) is 0 Å². The van der Waals surface area contributed by atoms with E-state index >= 15 is 0 Å². The SMILES string of the molecule is C=C.C=CCl.CC. The fraction of sp³-hybridized carbons (Fsp3) is 0.333. The lowest BCUT2D eigenvalue weighted by molar-refractivity contribution is 1.50. The predicted octanol–water partition coefficient (Wildman–Crippen LogP) is 3.20. The van der Waals surface area contributed by atoms with E-state index in [0.29, 0.717) is 0 Å². The average molecular weight is 121 g/mol. The van der Waals surface area contributed by atoms with Crippen LogP contribution in [0.2, 0.25) is 0 Å². The van der Waals surface area contributed by atoms with Gasteiger partial charge in [-0.25, -0.2) is 0 Å². The van der Waals surface area contributed by atoms with Crippen LogP contribution < -0.4 is 0 Å². The van der Waals surface area contributed by atoms with E-state index in [-0.39, 0.29) is 0 Å². The third-order valence-corrected chi connectivity index (χ3v) is 0. The summed E-state index contributed by atoms with van der Waals surface area (Å²) in [4.78, 5) is 0. The molecule has 7 heavy (non-hydrogen) atoms. The molecule has 0 unspecified atom stereocenters. The second-order valence-corrected chi connectivity index (χ2v) is 0.463. The van der Waals surface area contributed by atoms with Gasteiger partial charge >= 0.3 is 0 Å². The standard InChI is InChI=1S/C2H3Cl.C2H6.C2H4/c1-2-3;2*1-2/h2H,1H2;1-2H3;1-2H2. The second kappa shape index (κ2) is 221. The van der Waals surface area contributed by atoms with Gasteiger partial charge in [0.1, 0.15) is 0 Å². The van der Waals surface area contributed by atoms with E-state index in [1.165, 1.54) is 5.54 Å². The third kappa shape index (κ3) is 1550. The van der Waals surface area contributed by atoms with Gasteiger partial charge in [-0.15, -0.1) is 13.2 Å². The number of halogens is 1. The highest BCUT2D eigenvalue weighted by Crippen LogP contribution is 1.60. The maximum atomic E-state index is 4.76. The molecule has 0 aliphatic heterocycles. The molecule has 0 nitrogen and oxygen atoms in total. The van der Waals surface area contributed by atoms with E-state index in [9.17, 15) is 0 Å². The van der Waals surface area contributed by atoms with Crippen LogP contribution in [-0.2, 0) is 0 Å². The number of rotatable bonds is 0. The van der Waals surface area contributed by atoms with Crippen molar-refractivity contribution in [2.75, 3.05) is 0 Å². The van der Waals surface area contributed by atoms with E-state index in [1.54, 1.807) is 0 Å². The van der Waals surface area contributed by atoms with Crippen molar-refractivity contribution in [2.45, 2.75) is 13.8 Å². The van der Waals surface area contributed by atoms with Crippen molar-refractivity contribution in [1.82, 2.24) is 0 Å². The van der Waals surface area contributed by atoms with Gasteiger partial charge in [-0.1, -0.05) is 32.0 Å². The third-order valence-electron chi connectivity index (χ3n) is 0. The molecule has 0 aromatic heterocycles. The molecule has 0 radical (unpaired) electrons. The van der Waals surface area contributed by atoms with Crippen molar-refractivity contribution < 1.29 is 0 Å². The average Bonchev–Trinajstić information content (AvgIpc) is 1.78. The van der Waals surface area contributed by atoms with Crippen LogP contribution in [-0.4, -0.2) is 0 Å². The van der Waals surface area contributed by atoms with Crippen LogP contribution in [0.25, 0.3) is 0 Å². The van der Waals surface area contributed by atoms with Crippen molar-refractivity contribution in [3.8, 4) is 0 Å². The largest absolute Gasteiger partial charge is 0.106 e. The first-order valence-corrected chi connectivity index (χ1v) is 2.56. The maximum Gasteiger partial charge on any atom is -0.00296 e. The van der Waals surface area contributed by atoms with Crippen LogP contribution in [0.1, 0.15) is 13.8 Å². The van der Waals surface area contributed by atoms with Gasteiger partial charge in [-0.3, -0.25) is 0 Å². The minimum atomic E-state index is 1.22. The fourth-order valence-electron chi connectivity index (χ4n) is 0. The minimum Gasteiger partial charge on any atom is -0.106 e. The highest BCUT2D eigenvalue weighted by atomic mass is 35.5. The smallest absolute Gasteiger partial charge is 0.00296 e. The predicted molar refractivity (Wildman–Crippen MR) is 38.7 cm³/mol. The van der Waals surface area contributed by atoms with Crippen LogP contribution in [0, 0.1) is 0 Å². The molecule has 1 heteroatoms. The van der Waals surface area contributed by atoms with E-state index < -0.39 is 0 Å². The van der Waals surface area contributed by atoms with Gasteiger partial charge in [-0.2, -0.15) is 0 Å². The van der Waals surface area contributed by atoms with Gasteiger partial charge in [-0.05, 0) is 5.54 Å². The molecule has 0 saturated carbocycles. The molecule has 0 atom stereocenters. The molecule has 0 N–H and O–H groups in total. The number of hydrogen-bond acceptors (Lipinski definition) is 0. The van der Waals surface area contributed by atoms with Crippen molar-refractivity contribution >= 4 is 11.6 Å². The lowest BCUT2D eigenvalue weighted by Crippen LogP contribution is -0.926. The van der Waals surface area contributed by atoms with Crippen molar-refractivity contribution in [3.05, 3.63) is 25.3 Å². The Morgan fingerprint density at radius 2 is 1.29 bits per heavy atom. The molecule has 0 fully saturated rings. The summed E-state index contributed by atoms with van der Waals surface area (Å²) in [6.07, 6.45) is 0. The summed E-state index contributed by atoms with van der Waals surface area (Å²) in [5, 5.41) is 0. The Kier molecular flexibility index (Phi) is 502. The maximum absolute atomic E-state index is 4.76. The lowest BCUT2D eigenvalue weighted by atomic mass is 11.0. The zero-order chi connectivity index (χ0) is 6.71. The molecule has 0 rings (SSSR count). The van der Waals surface area contributed by atoms with Crippen LogP contribution in [0.5, 0.6) is 0 Å². The summed E-state index contributed by atoms with van der Waals surface area (Å²) in [5.41, 5.74) is 1.22. The summed E-state index contributed by atoms with van der Waals surface area (Å²) in [5.74, 6) is 0. The summed E-state index contributed by atoms with van der Waals surface area (Å²) in [6, 6.07) is 0. The molecule has 0 heterocycles. The second-order valence-electron chi connectivity index (χ2n) is 0.154. The minimum absolute atomic E-state index is 1.22. The Bertz CT molecular complexity index is 18.1. The summed E-state index contributed by atoms with van der Waals surface area (Å²) in [6.45, 7) is 13.1.